The minimum atomic E-state index is -4.76. The number of hydrogen-bond donors (Lipinski definition) is 2. The van der Waals surface area contributed by atoms with Crippen LogP contribution in [0.1, 0.15) is 5.56 Å². The molecule has 0 aromatic heterocycles. The van der Waals surface area contributed by atoms with Crippen molar-refractivity contribution in [3.63, 3.8) is 0 Å². The maximum Gasteiger partial charge on any atom is 0.324 e. The normalized spacial score (nSPS) is 11.7. The van der Waals surface area contributed by atoms with Gasteiger partial charge in [0.1, 0.15) is 30.3 Å². The lowest BCUT2D eigenvalue weighted by atomic mass is 10.2. The number of carboxylic acids is 2. The Kier molecular flexibility index (Phi) is 11.1. The van der Waals surface area contributed by atoms with Crippen molar-refractivity contribution in [1.82, 2.24) is 0 Å². The summed E-state index contributed by atoms with van der Waals surface area (Å²) < 4.78 is 98.2. The van der Waals surface area contributed by atoms with Gasteiger partial charge >= 0.3 is 22.1 Å². The number of aliphatic carboxylic acids is 2. The topological polar surface area (TPSA) is 211 Å². The molecule has 0 atom stereocenters. The smallest absolute Gasteiger partial charge is 0.324 e. The van der Waals surface area contributed by atoms with Gasteiger partial charge in [0.25, 0.3) is 20.0 Å². The number of ether oxygens (including phenoxy) is 2. The Morgan fingerprint density at radius 2 is 1.10 bits per heavy atom. The zero-order valence-electron chi connectivity index (χ0n) is 25.9. The van der Waals surface area contributed by atoms with Crippen LogP contribution < -0.4 is 22.3 Å². The third kappa shape index (κ3) is 8.78. The highest BCUT2D eigenvalue weighted by molar-refractivity contribution is 7.93. The van der Waals surface area contributed by atoms with Gasteiger partial charge in [-0.05, 0) is 66.2 Å². The molecule has 0 bridgehead atoms. The third-order valence-electron chi connectivity index (χ3n) is 6.76. The molecule has 0 fully saturated rings. The predicted octanol–water partition coefficient (Wildman–Crippen LogP) is 3.17. The Labute approximate surface area is 282 Å². The number of benzene rings is 4. The largest absolute Gasteiger partial charge is 0.497 e. The van der Waals surface area contributed by atoms with Gasteiger partial charge in [-0.2, -0.15) is 8.42 Å². The van der Waals surface area contributed by atoms with Crippen LogP contribution in [-0.2, 0) is 45.5 Å². The van der Waals surface area contributed by atoms with Crippen molar-refractivity contribution in [1.29, 1.82) is 0 Å². The summed E-state index contributed by atoms with van der Waals surface area (Å²) in [7, 11) is -11.3. The first-order valence-electron chi connectivity index (χ1n) is 13.9. The second-order valence-electron chi connectivity index (χ2n) is 10.1. The lowest BCUT2D eigenvalue weighted by molar-refractivity contribution is -0.136. The van der Waals surface area contributed by atoms with Gasteiger partial charge < -0.3 is 23.9 Å². The number of anilines is 2. The van der Waals surface area contributed by atoms with Gasteiger partial charge in [-0.15, -0.1) is 0 Å². The molecule has 0 heterocycles. The Morgan fingerprint density at radius 3 is 1.57 bits per heavy atom. The first-order valence-corrected chi connectivity index (χ1v) is 18.4. The summed E-state index contributed by atoms with van der Waals surface area (Å²) in [5, 5.41) is 19.4. The molecule has 4 aromatic carbocycles. The van der Waals surface area contributed by atoms with Crippen molar-refractivity contribution in [3.8, 4) is 17.2 Å². The minimum absolute atomic E-state index is 0.281. The molecule has 0 aliphatic rings. The fourth-order valence-corrected chi connectivity index (χ4v) is 8.38. The molecular weight excluding hydrogens is 705 g/mol. The van der Waals surface area contributed by atoms with E-state index in [2.05, 4.69) is 0 Å². The summed E-state index contributed by atoms with van der Waals surface area (Å²) in [6.45, 7) is -2.36. The molecule has 4 aromatic rings. The number of nitrogens with zero attached hydrogens (tertiary/aromatic N) is 2. The third-order valence-corrected chi connectivity index (χ3v) is 11.4. The monoisotopic (exact) mass is 734 g/mol. The van der Waals surface area contributed by atoms with Crippen molar-refractivity contribution in [2.75, 3.05) is 35.9 Å². The average Bonchev–Trinajstić information content (AvgIpc) is 3.06. The van der Waals surface area contributed by atoms with Crippen molar-refractivity contribution >= 4 is 53.5 Å². The van der Waals surface area contributed by atoms with Crippen molar-refractivity contribution in [2.24, 2.45) is 0 Å². The van der Waals surface area contributed by atoms with Crippen LogP contribution in [0.3, 0.4) is 0 Å². The van der Waals surface area contributed by atoms with Crippen LogP contribution in [0, 0.1) is 0 Å². The summed E-state index contributed by atoms with van der Waals surface area (Å²) >= 11 is 0. The number of carboxylic acid groups (broad SMARTS) is 2. The van der Waals surface area contributed by atoms with Gasteiger partial charge in [-0.3, -0.25) is 18.2 Å². The van der Waals surface area contributed by atoms with E-state index in [9.17, 15) is 45.1 Å². The minimum Gasteiger partial charge on any atom is -0.497 e. The van der Waals surface area contributed by atoms with E-state index in [1.807, 2.05) is 0 Å². The van der Waals surface area contributed by atoms with Crippen LogP contribution in [0.2, 0.25) is 0 Å². The molecule has 0 unspecified atom stereocenters. The molecule has 0 radical (unpaired) electrons. The van der Waals surface area contributed by atoms with E-state index >= 15 is 0 Å². The molecule has 0 amide bonds. The van der Waals surface area contributed by atoms with E-state index in [0.29, 0.717) is 20.1 Å². The Morgan fingerprint density at radius 1 is 0.633 bits per heavy atom. The van der Waals surface area contributed by atoms with E-state index in [1.165, 1.54) is 50.6 Å². The first kappa shape index (κ1) is 36.5. The Bertz CT molecular complexity index is 2140. The van der Waals surface area contributed by atoms with Gasteiger partial charge in [0.15, 0.2) is 5.75 Å². The molecule has 0 spiro atoms. The Balaban J connectivity index is 1.93. The van der Waals surface area contributed by atoms with Gasteiger partial charge in [0, 0.05) is 6.07 Å². The van der Waals surface area contributed by atoms with E-state index in [4.69, 9.17) is 13.7 Å². The summed E-state index contributed by atoms with van der Waals surface area (Å²) in [5.41, 5.74) is -0.761. The second kappa shape index (κ2) is 14.8. The number of hydrogen-bond acceptors (Lipinski definition) is 11. The molecule has 260 valence electrons. The van der Waals surface area contributed by atoms with Crippen LogP contribution in [-0.4, -0.2) is 74.7 Å². The molecule has 4 rings (SSSR count). The molecule has 0 aliphatic carbocycles. The summed E-state index contributed by atoms with van der Waals surface area (Å²) in [6.07, 6.45) is 0. The van der Waals surface area contributed by atoms with E-state index in [-0.39, 0.29) is 10.5 Å². The second-order valence-corrected chi connectivity index (χ2v) is 15.4. The molecule has 0 aliphatic heterocycles. The van der Waals surface area contributed by atoms with E-state index in [0.717, 1.165) is 42.5 Å². The standard InChI is InChI=1S/C31H30N2O13S3/c1-44-24-9-13-26(14-10-24)48(40,41)32(19-30(34)35)23-8-17-28(29(18-23)46-47(38,39)21-22-6-4-3-5-7-22)33(20-31(36)37)49(42,43)27-15-11-25(45-2)12-16-27/h3-18H,19-21H2,1-2H3,(H,34,35)(H,36,37). The average molecular weight is 735 g/mol. The molecule has 15 nitrogen and oxygen atoms in total. The van der Waals surface area contributed by atoms with Crippen LogP contribution in [0.4, 0.5) is 11.4 Å². The molecular formula is C31H30N2O13S3. The van der Waals surface area contributed by atoms with Crippen molar-refractivity contribution < 1.29 is 58.7 Å². The van der Waals surface area contributed by atoms with Crippen molar-refractivity contribution in [2.45, 2.75) is 15.5 Å². The fraction of sp³-hybridized carbons (Fsp3) is 0.161. The summed E-state index contributed by atoms with van der Waals surface area (Å²) in [5.74, 6) is -4.13. The number of sulfonamides is 2. The quantitative estimate of drug-likeness (QED) is 0.159. The number of rotatable bonds is 16. The fourth-order valence-electron chi connectivity index (χ4n) is 4.49. The molecule has 2 N–H and O–H groups in total. The molecule has 0 saturated carbocycles. The lowest BCUT2D eigenvalue weighted by Gasteiger charge is -2.27. The maximum absolute atomic E-state index is 13.9. The van der Waals surface area contributed by atoms with Gasteiger partial charge in [0.2, 0.25) is 0 Å². The van der Waals surface area contributed by atoms with Crippen LogP contribution in [0.25, 0.3) is 0 Å². The van der Waals surface area contributed by atoms with Crippen LogP contribution in [0.15, 0.2) is 107 Å². The zero-order valence-corrected chi connectivity index (χ0v) is 28.3. The molecule has 18 heteroatoms. The highest BCUT2D eigenvalue weighted by Gasteiger charge is 2.33. The highest BCUT2D eigenvalue weighted by Crippen LogP contribution is 2.39. The predicted molar refractivity (Wildman–Crippen MR) is 176 cm³/mol. The summed E-state index contributed by atoms with van der Waals surface area (Å²) in [4.78, 5) is 23.1. The number of carbonyl (C=O) groups is 2. The SMILES string of the molecule is COc1ccc(S(=O)(=O)N(CC(=O)O)c2ccc(N(CC(=O)O)S(=O)(=O)c3ccc(OC)cc3)c(OS(=O)(=O)Cc3ccccc3)c2)cc1. The highest BCUT2D eigenvalue weighted by atomic mass is 32.2. The lowest BCUT2D eigenvalue weighted by Crippen LogP contribution is -2.37. The van der Waals surface area contributed by atoms with E-state index < -0.39 is 83.0 Å². The van der Waals surface area contributed by atoms with Gasteiger partial charge in [-0.1, -0.05) is 30.3 Å². The molecule has 0 saturated heterocycles. The number of methoxy groups -OCH3 is 2. The zero-order chi connectivity index (χ0) is 36.0. The summed E-state index contributed by atoms with van der Waals surface area (Å²) in [6, 6.07) is 20.4. The molecule has 49 heavy (non-hydrogen) atoms. The van der Waals surface area contributed by atoms with E-state index in [1.54, 1.807) is 18.2 Å². The first-order chi connectivity index (χ1) is 23.1. The van der Waals surface area contributed by atoms with Crippen molar-refractivity contribution in [3.05, 3.63) is 103 Å². The Hall–Kier alpha value is -5.33. The van der Waals surface area contributed by atoms with Crippen LogP contribution >= 0.6 is 0 Å². The van der Waals surface area contributed by atoms with Gasteiger partial charge in [-0.25, -0.2) is 16.8 Å². The van der Waals surface area contributed by atoms with Gasteiger partial charge in [0.05, 0.1) is 35.4 Å². The van der Waals surface area contributed by atoms with Crippen LogP contribution in [0.5, 0.6) is 17.2 Å². The maximum atomic E-state index is 13.9.